The molecule has 0 radical (unpaired) electrons. The first-order valence-corrected chi connectivity index (χ1v) is 6.85. The average Bonchev–Trinajstić information content (AvgIpc) is 2.33. The lowest BCUT2D eigenvalue weighted by atomic mass is 9.78. The molecule has 104 valence electrons. The zero-order valence-electron chi connectivity index (χ0n) is 11.2. The minimum Gasteiger partial charge on any atom is -0.389 e. The quantitative estimate of drug-likeness (QED) is 0.852. The molecule has 0 saturated carbocycles. The second kappa shape index (κ2) is 4.85. The van der Waals surface area contributed by atoms with Crippen molar-refractivity contribution in [2.75, 3.05) is 13.2 Å². The summed E-state index contributed by atoms with van der Waals surface area (Å²) in [7, 11) is 0. The highest BCUT2D eigenvalue weighted by Gasteiger charge is 2.41. The maximum absolute atomic E-state index is 13.3. The number of aliphatic hydroxyl groups is 1. The first kappa shape index (κ1) is 13.0. The summed E-state index contributed by atoms with van der Waals surface area (Å²) in [5, 5.41) is 14.3. The van der Waals surface area contributed by atoms with Crippen LogP contribution in [-0.4, -0.2) is 36.0 Å². The van der Waals surface area contributed by atoms with Crippen LogP contribution in [0.3, 0.4) is 0 Å². The SMILES string of the molecule is Cc1ccc(F)cc1CC1(O)CC2COCC(C1)N2. The molecular weight excluding hydrogens is 245 g/mol. The zero-order chi connectivity index (χ0) is 13.5. The average molecular weight is 265 g/mol. The van der Waals surface area contributed by atoms with Crippen LogP contribution in [0.2, 0.25) is 0 Å². The third-order valence-electron chi connectivity index (χ3n) is 4.19. The van der Waals surface area contributed by atoms with Crippen molar-refractivity contribution in [1.82, 2.24) is 5.32 Å². The predicted molar refractivity (Wildman–Crippen MR) is 70.6 cm³/mol. The van der Waals surface area contributed by atoms with Gasteiger partial charge in [0.15, 0.2) is 0 Å². The smallest absolute Gasteiger partial charge is 0.123 e. The van der Waals surface area contributed by atoms with Gasteiger partial charge in [-0.05, 0) is 43.0 Å². The Morgan fingerprint density at radius 2 is 2.05 bits per heavy atom. The van der Waals surface area contributed by atoms with E-state index in [1.165, 1.54) is 6.07 Å². The van der Waals surface area contributed by atoms with Crippen LogP contribution < -0.4 is 5.32 Å². The van der Waals surface area contributed by atoms with Gasteiger partial charge in [-0.25, -0.2) is 4.39 Å². The highest BCUT2D eigenvalue weighted by molar-refractivity contribution is 5.28. The van der Waals surface area contributed by atoms with Crippen molar-refractivity contribution >= 4 is 0 Å². The first-order valence-electron chi connectivity index (χ1n) is 6.85. The van der Waals surface area contributed by atoms with Crippen LogP contribution in [0.4, 0.5) is 4.39 Å². The lowest BCUT2D eigenvalue weighted by Crippen LogP contribution is -2.60. The second-order valence-electron chi connectivity index (χ2n) is 5.98. The topological polar surface area (TPSA) is 41.5 Å². The fourth-order valence-electron chi connectivity index (χ4n) is 3.35. The van der Waals surface area contributed by atoms with Gasteiger partial charge in [0.2, 0.25) is 0 Å². The number of halogens is 1. The summed E-state index contributed by atoms with van der Waals surface area (Å²) >= 11 is 0. The number of piperidine rings is 1. The van der Waals surface area contributed by atoms with E-state index in [1.54, 1.807) is 12.1 Å². The summed E-state index contributed by atoms with van der Waals surface area (Å²) in [6.07, 6.45) is 1.85. The first-order chi connectivity index (χ1) is 9.04. The molecule has 2 N–H and O–H groups in total. The minimum absolute atomic E-state index is 0.214. The molecule has 1 aromatic carbocycles. The van der Waals surface area contributed by atoms with Crippen LogP contribution in [0, 0.1) is 12.7 Å². The maximum atomic E-state index is 13.3. The normalized spacial score (nSPS) is 34.3. The number of hydrogen-bond donors (Lipinski definition) is 2. The molecule has 0 aromatic heterocycles. The van der Waals surface area contributed by atoms with Crippen LogP contribution in [0.1, 0.15) is 24.0 Å². The van der Waals surface area contributed by atoms with E-state index >= 15 is 0 Å². The molecule has 0 amide bonds. The zero-order valence-corrected chi connectivity index (χ0v) is 11.2. The molecule has 2 heterocycles. The number of morpholine rings is 1. The number of rotatable bonds is 2. The Morgan fingerprint density at radius 3 is 2.74 bits per heavy atom. The highest BCUT2D eigenvalue weighted by atomic mass is 19.1. The van der Waals surface area contributed by atoms with E-state index in [9.17, 15) is 9.50 Å². The molecule has 0 spiro atoms. The van der Waals surface area contributed by atoms with E-state index in [-0.39, 0.29) is 17.9 Å². The summed E-state index contributed by atoms with van der Waals surface area (Å²) in [6.45, 7) is 3.27. The van der Waals surface area contributed by atoms with Gasteiger partial charge in [-0.1, -0.05) is 6.07 Å². The molecule has 2 unspecified atom stereocenters. The van der Waals surface area contributed by atoms with Gasteiger partial charge >= 0.3 is 0 Å². The fourth-order valence-corrected chi connectivity index (χ4v) is 3.35. The van der Waals surface area contributed by atoms with Crippen molar-refractivity contribution in [1.29, 1.82) is 0 Å². The van der Waals surface area contributed by atoms with Gasteiger partial charge in [0, 0.05) is 18.5 Å². The Hall–Kier alpha value is -0.970. The summed E-state index contributed by atoms with van der Waals surface area (Å²) in [4.78, 5) is 0. The van der Waals surface area contributed by atoms with Gasteiger partial charge in [-0.2, -0.15) is 0 Å². The van der Waals surface area contributed by atoms with Crippen LogP contribution in [0.15, 0.2) is 18.2 Å². The van der Waals surface area contributed by atoms with Gasteiger partial charge in [0.25, 0.3) is 0 Å². The highest BCUT2D eigenvalue weighted by Crippen LogP contribution is 2.32. The Morgan fingerprint density at radius 1 is 1.37 bits per heavy atom. The van der Waals surface area contributed by atoms with Crippen molar-refractivity contribution in [3.63, 3.8) is 0 Å². The molecule has 2 bridgehead atoms. The Labute approximate surface area is 112 Å². The van der Waals surface area contributed by atoms with Crippen molar-refractivity contribution in [3.8, 4) is 0 Å². The molecule has 3 nitrogen and oxygen atoms in total. The molecule has 2 saturated heterocycles. The molecule has 2 aliphatic rings. The number of ether oxygens (including phenoxy) is 1. The molecule has 3 rings (SSSR count). The molecular formula is C15H20FNO2. The third kappa shape index (κ3) is 2.81. The van der Waals surface area contributed by atoms with Crippen molar-refractivity contribution < 1.29 is 14.2 Å². The van der Waals surface area contributed by atoms with Crippen molar-refractivity contribution in [2.24, 2.45) is 0 Å². The largest absolute Gasteiger partial charge is 0.389 e. The Balaban J connectivity index is 1.79. The predicted octanol–water partition coefficient (Wildman–Crippen LogP) is 1.56. The van der Waals surface area contributed by atoms with E-state index < -0.39 is 5.60 Å². The maximum Gasteiger partial charge on any atom is 0.123 e. The van der Waals surface area contributed by atoms with E-state index in [0.717, 1.165) is 11.1 Å². The van der Waals surface area contributed by atoms with Gasteiger partial charge < -0.3 is 15.2 Å². The molecule has 2 fully saturated rings. The standard InChI is InChI=1S/C15H20FNO2/c1-10-2-3-12(16)4-11(10)5-15(18)6-13-8-19-9-14(7-15)17-13/h2-4,13-14,17-18H,5-9H2,1H3. The molecule has 2 atom stereocenters. The lowest BCUT2D eigenvalue weighted by Gasteiger charge is -2.45. The molecule has 4 heteroatoms. The Bertz CT molecular complexity index is 465. The van der Waals surface area contributed by atoms with Gasteiger partial charge in [0.05, 0.1) is 18.8 Å². The van der Waals surface area contributed by atoms with Crippen molar-refractivity contribution in [3.05, 3.63) is 35.1 Å². The minimum atomic E-state index is -0.747. The van der Waals surface area contributed by atoms with Crippen LogP contribution in [0.5, 0.6) is 0 Å². The van der Waals surface area contributed by atoms with Crippen LogP contribution in [-0.2, 0) is 11.2 Å². The molecule has 1 aromatic rings. The summed E-state index contributed by atoms with van der Waals surface area (Å²) < 4.78 is 18.8. The van der Waals surface area contributed by atoms with Gasteiger partial charge in [-0.15, -0.1) is 0 Å². The number of aryl methyl sites for hydroxylation is 1. The molecule has 2 aliphatic heterocycles. The van der Waals surface area contributed by atoms with Crippen molar-refractivity contribution in [2.45, 2.75) is 43.9 Å². The second-order valence-corrected chi connectivity index (χ2v) is 5.98. The van der Waals surface area contributed by atoms with Gasteiger partial charge in [0.1, 0.15) is 5.82 Å². The Kier molecular flexibility index (Phi) is 3.33. The van der Waals surface area contributed by atoms with E-state index in [0.29, 0.717) is 32.5 Å². The fraction of sp³-hybridized carbons (Fsp3) is 0.600. The molecule has 0 aliphatic carbocycles. The third-order valence-corrected chi connectivity index (χ3v) is 4.19. The van der Waals surface area contributed by atoms with Crippen LogP contribution in [0.25, 0.3) is 0 Å². The van der Waals surface area contributed by atoms with Gasteiger partial charge in [-0.3, -0.25) is 0 Å². The lowest BCUT2D eigenvalue weighted by molar-refractivity contribution is -0.0756. The number of benzene rings is 1. The van der Waals surface area contributed by atoms with E-state index in [2.05, 4.69) is 5.32 Å². The summed E-state index contributed by atoms with van der Waals surface area (Å²) in [5.74, 6) is -0.235. The molecule has 19 heavy (non-hydrogen) atoms. The van der Waals surface area contributed by atoms with E-state index in [4.69, 9.17) is 4.74 Å². The number of hydrogen-bond acceptors (Lipinski definition) is 3. The number of fused-ring (bicyclic) bond motifs is 2. The van der Waals surface area contributed by atoms with Crippen LogP contribution >= 0.6 is 0 Å². The van der Waals surface area contributed by atoms with E-state index in [1.807, 2.05) is 6.92 Å². The monoisotopic (exact) mass is 265 g/mol. The summed E-state index contributed by atoms with van der Waals surface area (Å²) in [6, 6.07) is 5.21. The number of nitrogens with one attached hydrogen (secondary N) is 1. The summed E-state index contributed by atoms with van der Waals surface area (Å²) in [5.41, 5.74) is 1.20.